The zero-order valence-corrected chi connectivity index (χ0v) is 20.1. The fourth-order valence-electron chi connectivity index (χ4n) is 3.29. The molecule has 1 rings (SSSR count). The molecule has 0 saturated heterocycles. The topological polar surface area (TPSA) is 69.4 Å². The molecule has 0 atom stereocenters. The molecule has 0 aromatic heterocycles. The van der Waals surface area contributed by atoms with Crippen LogP contribution in [0.5, 0.6) is 5.75 Å². The van der Waals surface area contributed by atoms with Crippen LogP contribution in [0.15, 0.2) is 24.3 Å². The van der Waals surface area contributed by atoms with Gasteiger partial charge in [0.1, 0.15) is 0 Å². The number of halogens is 2. The van der Waals surface area contributed by atoms with Gasteiger partial charge in [0.25, 0.3) is 0 Å². The average molecular weight is 472 g/mol. The molecule has 0 saturated carbocycles. The van der Waals surface area contributed by atoms with Crippen LogP contribution in [0, 0.1) is 10.1 Å². The van der Waals surface area contributed by atoms with Crippen LogP contribution in [-0.2, 0) is 4.79 Å². The summed E-state index contributed by atoms with van der Waals surface area (Å²) in [6.07, 6.45) is 20.0. The highest BCUT2D eigenvalue weighted by Gasteiger charge is 2.22. The summed E-state index contributed by atoms with van der Waals surface area (Å²) in [6, 6.07) is 2.44. The smallest absolute Gasteiger partial charge is 0.314 e. The number of nitro benzene ring substituents is 1. The van der Waals surface area contributed by atoms with Crippen molar-refractivity contribution in [3.8, 4) is 5.75 Å². The van der Waals surface area contributed by atoms with E-state index >= 15 is 0 Å². The molecule has 31 heavy (non-hydrogen) atoms. The minimum absolute atomic E-state index is 0.0444. The maximum absolute atomic E-state index is 12.0. The SMILES string of the molecule is CCCCCCCC/C=C\CCCCCCCC(=O)Oc1c(Cl)cc(Cl)cc1[N+](=O)[O-]. The number of ether oxygens (including phenoxy) is 1. The number of carbonyl (C=O) groups is 1. The molecular weight excluding hydrogens is 437 g/mol. The molecule has 0 radical (unpaired) electrons. The lowest BCUT2D eigenvalue weighted by Gasteiger charge is -2.07. The standard InChI is InChI=1S/C24H35Cl2NO4/c1-2-3-4-5-6-7-8-9-10-11-12-13-14-15-16-17-23(28)31-24-21(26)18-20(25)19-22(24)27(29)30/h9-10,18-19H,2-8,11-17H2,1H3/b10-9-. The Labute approximate surface area is 196 Å². The van der Waals surface area contributed by atoms with Crippen molar-refractivity contribution in [1.29, 1.82) is 0 Å². The third-order valence-corrected chi connectivity index (χ3v) is 5.54. The summed E-state index contributed by atoms with van der Waals surface area (Å²) in [5.74, 6) is -0.765. The van der Waals surface area contributed by atoms with E-state index in [-0.39, 0.29) is 22.2 Å². The number of nitro groups is 1. The molecule has 0 aliphatic carbocycles. The van der Waals surface area contributed by atoms with E-state index in [0.29, 0.717) is 6.42 Å². The molecule has 0 fully saturated rings. The second-order valence-electron chi connectivity index (χ2n) is 7.80. The summed E-state index contributed by atoms with van der Waals surface area (Å²) in [5.41, 5.74) is -0.407. The number of hydrogen-bond acceptors (Lipinski definition) is 4. The van der Waals surface area contributed by atoms with E-state index in [1.54, 1.807) is 0 Å². The molecule has 0 heterocycles. The Morgan fingerprint density at radius 2 is 1.48 bits per heavy atom. The van der Waals surface area contributed by atoms with Crippen LogP contribution in [0.3, 0.4) is 0 Å². The monoisotopic (exact) mass is 471 g/mol. The number of esters is 1. The Balaban J connectivity index is 2.09. The molecule has 1 aromatic rings. The highest BCUT2D eigenvalue weighted by Crippen LogP contribution is 2.38. The first-order chi connectivity index (χ1) is 15.0. The molecule has 5 nitrogen and oxygen atoms in total. The van der Waals surface area contributed by atoms with Gasteiger partial charge in [0, 0.05) is 17.5 Å². The molecule has 0 aliphatic rings. The lowest BCUT2D eigenvalue weighted by molar-refractivity contribution is -0.385. The average Bonchev–Trinajstić information content (AvgIpc) is 2.72. The van der Waals surface area contributed by atoms with E-state index in [4.69, 9.17) is 27.9 Å². The summed E-state index contributed by atoms with van der Waals surface area (Å²) in [7, 11) is 0. The van der Waals surface area contributed by atoms with Crippen LogP contribution < -0.4 is 4.74 Å². The van der Waals surface area contributed by atoms with Crippen molar-refractivity contribution in [2.24, 2.45) is 0 Å². The minimum Gasteiger partial charge on any atom is -0.417 e. The first-order valence-electron chi connectivity index (χ1n) is 11.4. The van der Waals surface area contributed by atoms with Gasteiger partial charge >= 0.3 is 11.7 Å². The van der Waals surface area contributed by atoms with E-state index in [1.807, 2.05) is 0 Å². The van der Waals surface area contributed by atoms with Gasteiger partial charge < -0.3 is 4.74 Å². The predicted octanol–water partition coefficient (Wildman–Crippen LogP) is 8.84. The normalized spacial score (nSPS) is 11.2. The molecular formula is C24H35Cl2NO4. The van der Waals surface area contributed by atoms with Crippen molar-refractivity contribution >= 4 is 34.9 Å². The van der Waals surface area contributed by atoms with Crippen LogP contribution in [0.4, 0.5) is 5.69 Å². The molecule has 7 heteroatoms. The molecule has 0 aliphatic heterocycles. The highest BCUT2D eigenvalue weighted by molar-refractivity contribution is 6.36. The Morgan fingerprint density at radius 1 is 0.935 bits per heavy atom. The highest BCUT2D eigenvalue weighted by atomic mass is 35.5. The fraction of sp³-hybridized carbons (Fsp3) is 0.625. The molecule has 0 N–H and O–H groups in total. The summed E-state index contributed by atoms with van der Waals surface area (Å²) in [6.45, 7) is 2.24. The Kier molecular flexibility index (Phi) is 15.1. The van der Waals surface area contributed by atoms with Crippen LogP contribution in [-0.4, -0.2) is 10.9 Å². The number of benzene rings is 1. The Hall–Kier alpha value is -1.59. The maximum Gasteiger partial charge on any atom is 0.314 e. The van der Waals surface area contributed by atoms with Crippen LogP contribution in [0.2, 0.25) is 10.0 Å². The van der Waals surface area contributed by atoms with Gasteiger partial charge in [-0.05, 0) is 38.2 Å². The largest absolute Gasteiger partial charge is 0.417 e. The van der Waals surface area contributed by atoms with E-state index in [9.17, 15) is 14.9 Å². The van der Waals surface area contributed by atoms with E-state index in [2.05, 4.69) is 19.1 Å². The third-order valence-electron chi connectivity index (χ3n) is 5.04. The van der Waals surface area contributed by atoms with Gasteiger partial charge in [0.2, 0.25) is 5.75 Å². The van der Waals surface area contributed by atoms with Crippen molar-refractivity contribution in [2.45, 2.75) is 96.8 Å². The number of unbranched alkanes of at least 4 members (excludes halogenated alkanes) is 11. The summed E-state index contributed by atoms with van der Waals surface area (Å²) in [5, 5.41) is 11.2. The molecule has 0 bridgehead atoms. The number of carbonyl (C=O) groups excluding carboxylic acids is 1. The minimum atomic E-state index is -0.664. The molecule has 1 aromatic carbocycles. The lowest BCUT2D eigenvalue weighted by Crippen LogP contribution is -2.09. The summed E-state index contributed by atoms with van der Waals surface area (Å²) >= 11 is 11.7. The van der Waals surface area contributed by atoms with Gasteiger partial charge in [-0.25, -0.2) is 0 Å². The number of hydrogen-bond donors (Lipinski definition) is 0. The number of allylic oxidation sites excluding steroid dienone is 2. The van der Waals surface area contributed by atoms with Crippen molar-refractivity contribution in [2.75, 3.05) is 0 Å². The maximum atomic E-state index is 12.0. The Bertz CT molecular complexity index is 707. The van der Waals surface area contributed by atoms with Crippen molar-refractivity contribution in [3.05, 3.63) is 44.4 Å². The first-order valence-corrected chi connectivity index (χ1v) is 12.2. The quantitative estimate of drug-likeness (QED) is 0.0567. The molecule has 174 valence electrons. The van der Waals surface area contributed by atoms with Gasteiger partial charge in [0.05, 0.1) is 9.95 Å². The van der Waals surface area contributed by atoms with Crippen molar-refractivity contribution in [1.82, 2.24) is 0 Å². The molecule has 0 amide bonds. The number of rotatable bonds is 17. The molecule has 0 spiro atoms. The summed E-state index contributed by atoms with van der Waals surface area (Å²) in [4.78, 5) is 22.5. The van der Waals surface area contributed by atoms with Crippen molar-refractivity contribution < 1.29 is 14.5 Å². The van der Waals surface area contributed by atoms with Gasteiger partial charge in [-0.15, -0.1) is 0 Å². The summed E-state index contributed by atoms with van der Waals surface area (Å²) < 4.78 is 5.13. The van der Waals surface area contributed by atoms with Crippen LogP contribution in [0.1, 0.15) is 96.8 Å². The van der Waals surface area contributed by atoms with Gasteiger partial charge in [-0.2, -0.15) is 0 Å². The van der Waals surface area contributed by atoms with Crippen molar-refractivity contribution in [3.63, 3.8) is 0 Å². The first kappa shape index (κ1) is 27.4. The van der Waals surface area contributed by atoms with Gasteiger partial charge in [-0.1, -0.05) is 93.6 Å². The van der Waals surface area contributed by atoms with Gasteiger partial charge in [-0.3, -0.25) is 14.9 Å². The lowest BCUT2D eigenvalue weighted by atomic mass is 10.1. The zero-order chi connectivity index (χ0) is 22.9. The van der Waals surface area contributed by atoms with Crippen LogP contribution in [0.25, 0.3) is 0 Å². The third kappa shape index (κ3) is 12.8. The van der Waals surface area contributed by atoms with Crippen LogP contribution >= 0.6 is 23.2 Å². The fourth-order valence-corrected chi connectivity index (χ4v) is 3.81. The van der Waals surface area contributed by atoms with E-state index < -0.39 is 16.6 Å². The zero-order valence-electron chi connectivity index (χ0n) is 18.5. The Morgan fingerprint density at radius 3 is 2.06 bits per heavy atom. The van der Waals surface area contributed by atoms with E-state index in [0.717, 1.165) is 38.2 Å². The second-order valence-corrected chi connectivity index (χ2v) is 8.64. The number of nitrogens with zero attached hydrogens (tertiary/aromatic N) is 1. The second kappa shape index (κ2) is 17.0. The van der Waals surface area contributed by atoms with E-state index in [1.165, 1.54) is 51.0 Å². The predicted molar refractivity (Wildman–Crippen MR) is 128 cm³/mol. The molecule has 0 unspecified atom stereocenters. The van der Waals surface area contributed by atoms with Gasteiger partial charge in [0.15, 0.2) is 0 Å².